The molecule has 0 aromatic heterocycles. The predicted octanol–water partition coefficient (Wildman–Crippen LogP) is -1.23. The molecule has 0 aromatic rings. The molecule has 0 radical (unpaired) electrons. The van der Waals surface area contributed by atoms with E-state index in [0.717, 1.165) is 26.2 Å². The molecule has 5 heteroatoms. The zero-order chi connectivity index (χ0) is 10.4. The third-order valence-electron chi connectivity index (χ3n) is 2.41. The predicted molar refractivity (Wildman–Crippen MR) is 52.0 cm³/mol. The Morgan fingerprint density at radius 2 is 2.00 bits per heavy atom. The first-order chi connectivity index (χ1) is 6.77. The Kier molecular flexibility index (Phi) is 4.86. The number of aliphatic hydroxyl groups is 1. The highest BCUT2D eigenvalue weighted by molar-refractivity contribution is 5.77. The summed E-state index contributed by atoms with van der Waals surface area (Å²) >= 11 is 0. The van der Waals surface area contributed by atoms with E-state index in [4.69, 9.17) is 9.84 Å². The molecule has 0 spiro atoms. The van der Waals surface area contributed by atoms with Crippen molar-refractivity contribution in [3.63, 3.8) is 0 Å². The lowest BCUT2D eigenvalue weighted by Gasteiger charge is -2.34. The lowest BCUT2D eigenvalue weighted by Crippen LogP contribution is -2.50. The van der Waals surface area contributed by atoms with E-state index in [1.54, 1.807) is 4.90 Å². The van der Waals surface area contributed by atoms with Gasteiger partial charge in [-0.15, -0.1) is 0 Å². The fourth-order valence-electron chi connectivity index (χ4n) is 1.58. The normalized spacial score (nSPS) is 18.6. The van der Waals surface area contributed by atoms with Crippen molar-refractivity contribution < 1.29 is 14.6 Å². The second-order valence-corrected chi connectivity index (χ2v) is 3.38. The minimum absolute atomic E-state index is 0.0520. The smallest absolute Gasteiger partial charge is 0.248 e. The van der Waals surface area contributed by atoms with Gasteiger partial charge in [-0.3, -0.25) is 9.69 Å². The van der Waals surface area contributed by atoms with Gasteiger partial charge in [0.05, 0.1) is 6.61 Å². The van der Waals surface area contributed by atoms with Crippen LogP contribution in [0.3, 0.4) is 0 Å². The number of hydrogen-bond donors (Lipinski definition) is 1. The van der Waals surface area contributed by atoms with Crippen LogP contribution in [0.2, 0.25) is 0 Å². The van der Waals surface area contributed by atoms with Crippen molar-refractivity contribution in [2.75, 3.05) is 53.0 Å². The van der Waals surface area contributed by atoms with E-state index in [-0.39, 0.29) is 19.1 Å². The van der Waals surface area contributed by atoms with Crippen LogP contribution in [0.15, 0.2) is 0 Å². The largest absolute Gasteiger partial charge is 0.395 e. The molecular formula is C9H18N2O3. The SMILES string of the molecule is COCC(=O)N1CCN(CCO)CC1. The maximum atomic E-state index is 11.4. The molecule has 0 bridgehead atoms. The van der Waals surface area contributed by atoms with E-state index < -0.39 is 0 Å². The zero-order valence-corrected chi connectivity index (χ0v) is 8.61. The summed E-state index contributed by atoms with van der Waals surface area (Å²) in [5.41, 5.74) is 0. The first-order valence-corrected chi connectivity index (χ1v) is 4.88. The molecule has 0 aromatic carbocycles. The molecule has 82 valence electrons. The molecule has 5 nitrogen and oxygen atoms in total. The summed E-state index contributed by atoms with van der Waals surface area (Å²) in [7, 11) is 1.53. The summed E-state index contributed by atoms with van der Waals surface area (Å²) in [4.78, 5) is 15.3. The minimum atomic E-state index is 0.0520. The van der Waals surface area contributed by atoms with Crippen molar-refractivity contribution in [1.29, 1.82) is 0 Å². The van der Waals surface area contributed by atoms with Crippen LogP contribution < -0.4 is 0 Å². The first-order valence-electron chi connectivity index (χ1n) is 4.88. The Bertz CT molecular complexity index is 179. The van der Waals surface area contributed by atoms with Gasteiger partial charge in [0.15, 0.2) is 0 Å². The van der Waals surface area contributed by atoms with Gasteiger partial charge in [-0.05, 0) is 0 Å². The van der Waals surface area contributed by atoms with E-state index in [9.17, 15) is 4.79 Å². The van der Waals surface area contributed by atoms with Crippen LogP contribution in [0.1, 0.15) is 0 Å². The molecule has 1 amide bonds. The summed E-state index contributed by atoms with van der Waals surface area (Å²) in [5.74, 6) is 0.0520. The van der Waals surface area contributed by atoms with Gasteiger partial charge in [-0.2, -0.15) is 0 Å². The molecule has 1 heterocycles. The molecule has 1 fully saturated rings. The molecule has 1 N–H and O–H groups in total. The number of amides is 1. The Morgan fingerprint density at radius 1 is 1.36 bits per heavy atom. The van der Waals surface area contributed by atoms with Crippen molar-refractivity contribution in [2.24, 2.45) is 0 Å². The number of aliphatic hydroxyl groups excluding tert-OH is 1. The second kappa shape index (κ2) is 5.95. The second-order valence-electron chi connectivity index (χ2n) is 3.38. The number of β-amino-alcohol motifs (C(OH)–C–C–N with tert-alkyl or cyclic N) is 1. The quantitative estimate of drug-likeness (QED) is 0.620. The average molecular weight is 202 g/mol. The topological polar surface area (TPSA) is 53.0 Å². The van der Waals surface area contributed by atoms with Gasteiger partial charge in [0.1, 0.15) is 6.61 Å². The van der Waals surface area contributed by atoms with Crippen LogP contribution in [0.4, 0.5) is 0 Å². The molecule has 14 heavy (non-hydrogen) atoms. The van der Waals surface area contributed by atoms with Crippen molar-refractivity contribution in [1.82, 2.24) is 9.80 Å². The number of methoxy groups -OCH3 is 1. The van der Waals surface area contributed by atoms with Crippen molar-refractivity contribution >= 4 is 5.91 Å². The summed E-state index contributed by atoms with van der Waals surface area (Å²) in [5, 5.41) is 8.74. The summed E-state index contributed by atoms with van der Waals surface area (Å²) in [6, 6.07) is 0. The summed E-state index contributed by atoms with van der Waals surface area (Å²) in [6.07, 6.45) is 0. The molecule has 1 saturated heterocycles. The lowest BCUT2D eigenvalue weighted by molar-refractivity contribution is -0.136. The Hall–Kier alpha value is -0.650. The fraction of sp³-hybridized carbons (Fsp3) is 0.889. The van der Waals surface area contributed by atoms with Crippen LogP contribution in [-0.4, -0.2) is 73.9 Å². The van der Waals surface area contributed by atoms with Gasteiger partial charge < -0.3 is 14.7 Å². The monoisotopic (exact) mass is 202 g/mol. The number of carbonyl (C=O) groups is 1. The van der Waals surface area contributed by atoms with Crippen LogP contribution in [0.25, 0.3) is 0 Å². The molecule has 0 saturated carbocycles. The molecule has 1 aliphatic heterocycles. The molecule has 0 atom stereocenters. The number of carbonyl (C=O) groups excluding carboxylic acids is 1. The molecule has 0 unspecified atom stereocenters. The molecule has 0 aliphatic carbocycles. The van der Waals surface area contributed by atoms with Crippen molar-refractivity contribution in [2.45, 2.75) is 0 Å². The molecule has 1 aliphatic rings. The number of hydrogen-bond acceptors (Lipinski definition) is 4. The minimum Gasteiger partial charge on any atom is -0.395 e. The Morgan fingerprint density at radius 3 is 2.50 bits per heavy atom. The van der Waals surface area contributed by atoms with E-state index in [1.165, 1.54) is 7.11 Å². The van der Waals surface area contributed by atoms with E-state index >= 15 is 0 Å². The zero-order valence-electron chi connectivity index (χ0n) is 8.61. The van der Waals surface area contributed by atoms with Crippen LogP contribution in [-0.2, 0) is 9.53 Å². The van der Waals surface area contributed by atoms with Gasteiger partial charge >= 0.3 is 0 Å². The Labute approximate surface area is 84.2 Å². The molecule has 1 rings (SSSR count). The fourth-order valence-corrected chi connectivity index (χ4v) is 1.58. The van der Waals surface area contributed by atoms with Crippen molar-refractivity contribution in [3.05, 3.63) is 0 Å². The van der Waals surface area contributed by atoms with Gasteiger partial charge in [0.25, 0.3) is 0 Å². The number of piperazine rings is 1. The maximum absolute atomic E-state index is 11.4. The standard InChI is InChI=1S/C9H18N2O3/c1-14-8-9(13)11-4-2-10(3-5-11)6-7-12/h12H,2-8H2,1H3. The maximum Gasteiger partial charge on any atom is 0.248 e. The Balaban J connectivity index is 2.24. The summed E-state index contributed by atoms with van der Waals surface area (Å²) < 4.78 is 4.79. The highest BCUT2D eigenvalue weighted by atomic mass is 16.5. The number of nitrogens with zero attached hydrogens (tertiary/aromatic N) is 2. The highest BCUT2D eigenvalue weighted by Crippen LogP contribution is 2.01. The number of rotatable bonds is 4. The first kappa shape index (κ1) is 11.4. The molecular weight excluding hydrogens is 184 g/mol. The van der Waals surface area contributed by atoms with E-state index in [0.29, 0.717) is 6.54 Å². The van der Waals surface area contributed by atoms with Crippen LogP contribution in [0.5, 0.6) is 0 Å². The van der Waals surface area contributed by atoms with Gasteiger partial charge in [-0.1, -0.05) is 0 Å². The van der Waals surface area contributed by atoms with Crippen LogP contribution in [0, 0.1) is 0 Å². The van der Waals surface area contributed by atoms with Crippen LogP contribution >= 0.6 is 0 Å². The van der Waals surface area contributed by atoms with E-state index in [2.05, 4.69) is 4.90 Å². The van der Waals surface area contributed by atoms with Crippen molar-refractivity contribution in [3.8, 4) is 0 Å². The van der Waals surface area contributed by atoms with Gasteiger partial charge in [-0.25, -0.2) is 0 Å². The number of ether oxygens (including phenoxy) is 1. The van der Waals surface area contributed by atoms with Gasteiger partial charge in [0.2, 0.25) is 5.91 Å². The van der Waals surface area contributed by atoms with E-state index in [1.807, 2.05) is 0 Å². The third kappa shape index (κ3) is 3.25. The third-order valence-corrected chi connectivity index (χ3v) is 2.41. The van der Waals surface area contributed by atoms with Gasteiger partial charge in [0, 0.05) is 39.8 Å². The lowest BCUT2D eigenvalue weighted by atomic mass is 10.3. The summed E-state index contributed by atoms with van der Waals surface area (Å²) in [6.45, 7) is 4.22. The highest BCUT2D eigenvalue weighted by Gasteiger charge is 2.19. The average Bonchev–Trinajstić information content (AvgIpc) is 2.20.